The first-order chi connectivity index (χ1) is 22.4. The summed E-state index contributed by atoms with van der Waals surface area (Å²) in [4.78, 5) is 74.8. The zero-order valence-corrected chi connectivity index (χ0v) is 30.1. The van der Waals surface area contributed by atoms with Crippen molar-refractivity contribution in [3.8, 4) is 0 Å². The van der Waals surface area contributed by atoms with E-state index >= 15 is 0 Å². The Morgan fingerprint density at radius 1 is 0.532 bits per heavy atom. The summed E-state index contributed by atoms with van der Waals surface area (Å²) in [5, 5.41) is 0. The van der Waals surface area contributed by atoms with E-state index < -0.39 is 29.8 Å². The van der Waals surface area contributed by atoms with Crippen LogP contribution in [0.2, 0.25) is 0 Å². The fraction of sp³-hybridized carbons (Fsp3) is 0.500. The normalized spacial score (nSPS) is 11.0. The van der Waals surface area contributed by atoms with Gasteiger partial charge in [0.1, 0.15) is 0 Å². The van der Waals surface area contributed by atoms with E-state index in [9.17, 15) is 24.0 Å². The second-order valence-corrected chi connectivity index (χ2v) is 11.9. The SMILES string of the molecule is CCOC(=O)CN(Cc1cc(Br)cc(CN(CC(=O)OC)CC(=O)OC)n1)Cc1cc(Br)cc(CN(CC(=O)OC)CC(=O)OC)n1. The summed E-state index contributed by atoms with van der Waals surface area (Å²) in [5.41, 5.74) is 2.29. The predicted octanol–water partition coefficient (Wildman–Crippen LogP) is 1.86. The molecule has 0 saturated carbocycles. The molecule has 2 heterocycles. The Balaban J connectivity index is 2.35. The van der Waals surface area contributed by atoms with Crippen molar-refractivity contribution >= 4 is 61.7 Å². The third-order valence-electron chi connectivity index (χ3n) is 6.31. The van der Waals surface area contributed by atoms with Crippen LogP contribution < -0.4 is 0 Å². The molecule has 0 bridgehead atoms. The van der Waals surface area contributed by atoms with Gasteiger partial charge in [-0.3, -0.25) is 48.6 Å². The first-order valence-corrected chi connectivity index (χ1v) is 15.9. The summed E-state index contributed by atoms with van der Waals surface area (Å²) in [6, 6.07) is 7.11. The van der Waals surface area contributed by atoms with Crippen molar-refractivity contribution in [2.75, 3.05) is 67.8 Å². The number of rotatable bonds is 19. The van der Waals surface area contributed by atoms with Gasteiger partial charge in [0, 0.05) is 35.1 Å². The highest BCUT2D eigenvalue weighted by molar-refractivity contribution is 9.10. The number of nitrogens with zero attached hydrogens (tertiary/aromatic N) is 5. The van der Waals surface area contributed by atoms with Gasteiger partial charge in [0.05, 0.1) is 90.5 Å². The van der Waals surface area contributed by atoms with Crippen LogP contribution >= 0.6 is 31.9 Å². The van der Waals surface area contributed by atoms with Gasteiger partial charge in [-0.25, -0.2) is 0 Å². The number of carbonyl (C=O) groups is 5. The van der Waals surface area contributed by atoms with E-state index in [-0.39, 0.29) is 65.5 Å². The molecule has 2 aromatic rings. The minimum absolute atomic E-state index is 0.0749. The number of aromatic nitrogens is 2. The molecule has 0 amide bonds. The van der Waals surface area contributed by atoms with Gasteiger partial charge < -0.3 is 23.7 Å². The Morgan fingerprint density at radius 3 is 1.09 bits per heavy atom. The molecule has 0 atom stereocenters. The van der Waals surface area contributed by atoms with Gasteiger partial charge >= 0.3 is 29.8 Å². The fourth-order valence-electron chi connectivity index (χ4n) is 4.34. The molecule has 15 nitrogen and oxygen atoms in total. The number of esters is 5. The molecule has 0 aliphatic carbocycles. The molecule has 0 saturated heterocycles. The Labute approximate surface area is 290 Å². The Kier molecular flexibility index (Phi) is 17.4. The lowest BCUT2D eigenvalue weighted by Gasteiger charge is -2.23. The molecule has 258 valence electrons. The van der Waals surface area contributed by atoms with Gasteiger partial charge in [0.15, 0.2) is 0 Å². The van der Waals surface area contributed by atoms with Crippen molar-refractivity contribution < 1.29 is 47.7 Å². The fourth-order valence-corrected chi connectivity index (χ4v) is 5.40. The minimum atomic E-state index is -0.524. The lowest BCUT2D eigenvalue weighted by molar-refractivity contribution is -0.147. The zero-order chi connectivity index (χ0) is 34.9. The highest BCUT2D eigenvalue weighted by Gasteiger charge is 2.21. The second kappa shape index (κ2) is 20.7. The van der Waals surface area contributed by atoms with E-state index in [2.05, 4.69) is 31.9 Å². The van der Waals surface area contributed by atoms with Crippen molar-refractivity contribution in [2.45, 2.75) is 33.1 Å². The average Bonchev–Trinajstić information content (AvgIpc) is 3.00. The Morgan fingerprint density at radius 2 is 0.809 bits per heavy atom. The highest BCUT2D eigenvalue weighted by Crippen LogP contribution is 2.19. The van der Waals surface area contributed by atoms with Gasteiger partial charge in [-0.2, -0.15) is 0 Å². The number of carbonyl (C=O) groups excluding carboxylic acids is 5. The number of methoxy groups -OCH3 is 4. The predicted molar refractivity (Wildman–Crippen MR) is 173 cm³/mol. The van der Waals surface area contributed by atoms with Crippen LogP contribution in [0.4, 0.5) is 0 Å². The largest absolute Gasteiger partial charge is 0.468 e. The molecule has 17 heteroatoms. The third-order valence-corrected chi connectivity index (χ3v) is 7.23. The van der Waals surface area contributed by atoms with Gasteiger partial charge in [-0.15, -0.1) is 0 Å². The molecule has 2 aromatic heterocycles. The van der Waals surface area contributed by atoms with Crippen LogP contribution in [-0.4, -0.2) is 122 Å². The van der Waals surface area contributed by atoms with Gasteiger partial charge in [0.2, 0.25) is 0 Å². The molecule has 0 fully saturated rings. The lowest BCUT2D eigenvalue weighted by atomic mass is 10.2. The number of ether oxygens (including phenoxy) is 5. The smallest absolute Gasteiger partial charge is 0.320 e. The van der Waals surface area contributed by atoms with Crippen molar-refractivity contribution in [3.05, 3.63) is 56.0 Å². The molecule has 2 rings (SSSR count). The van der Waals surface area contributed by atoms with Crippen molar-refractivity contribution in [1.82, 2.24) is 24.7 Å². The maximum absolute atomic E-state index is 12.6. The standard InChI is InChI=1S/C30H39Br2N5O10/c1-6-47-30(42)19-35(11-22-7-20(31)9-24(33-22)13-36(15-26(38)43-2)16-27(39)44-3)12-23-8-21(32)10-25(34-23)14-37(17-28(40)45-4)18-29(41)46-5/h7-10H,6,11-19H2,1-5H3. The van der Waals surface area contributed by atoms with Crippen molar-refractivity contribution in [2.24, 2.45) is 0 Å². The van der Waals surface area contributed by atoms with Crippen LogP contribution in [0, 0.1) is 0 Å². The van der Waals surface area contributed by atoms with Crippen molar-refractivity contribution in [1.29, 1.82) is 0 Å². The molecule has 0 aliphatic rings. The van der Waals surface area contributed by atoms with Crippen LogP contribution in [0.3, 0.4) is 0 Å². The third kappa shape index (κ3) is 15.3. The molecule has 47 heavy (non-hydrogen) atoms. The van der Waals surface area contributed by atoms with Crippen molar-refractivity contribution in [3.63, 3.8) is 0 Å². The van der Waals surface area contributed by atoms with Crippen LogP contribution in [0.25, 0.3) is 0 Å². The van der Waals surface area contributed by atoms with E-state index in [1.807, 2.05) is 0 Å². The first kappa shape index (κ1) is 39.7. The summed E-state index contributed by atoms with van der Waals surface area (Å²) < 4.78 is 25.7. The van der Waals surface area contributed by atoms with E-state index in [1.54, 1.807) is 45.9 Å². The summed E-state index contributed by atoms with van der Waals surface area (Å²) in [6.45, 7) is 1.92. The van der Waals surface area contributed by atoms with E-state index in [0.717, 1.165) is 0 Å². The summed E-state index contributed by atoms with van der Waals surface area (Å²) in [6.07, 6.45) is 0. The molecule has 0 aliphatic heterocycles. The molecule has 0 radical (unpaired) electrons. The van der Waals surface area contributed by atoms with Crippen LogP contribution in [0.15, 0.2) is 33.2 Å². The second-order valence-electron chi connectivity index (χ2n) is 10.1. The molecular formula is C30H39Br2N5O10. The molecule has 0 N–H and O–H groups in total. The average molecular weight is 789 g/mol. The minimum Gasteiger partial charge on any atom is -0.468 e. The van der Waals surface area contributed by atoms with Crippen LogP contribution in [0.5, 0.6) is 0 Å². The van der Waals surface area contributed by atoms with Gasteiger partial charge in [-0.1, -0.05) is 31.9 Å². The molecule has 0 spiro atoms. The molecule has 0 unspecified atom stereocenters. The van der Waals surface area contributed by atoms with E-state index in [0.29, 0.717) is 31.7 Å². The van der Waals surface area contributed by atoms with Gasteiger partial charge in [0.25, 0.3) is 0 Å². The summed E-state index contributed by atoms with van der Waals surface area (Å²) in [7, 11) is 5.04. The summed E-state index contributed by atoms with van der Waals surface area (Å²) >= 11 is 7.02. The van der Waals surface area contributed by atoms with Crippen LogP contribution in [-0.2, 0) is 73.8 Å². The van der Waals surface area contributed by atoms with E-state index in [4.69, 9.17) is 33.7 Å². The van der Waals surface area contributed by atoms with Crippen LogP contribution in [0.1, 0.15) is 29.7 Å². The number of hydrogen-bond donors (Lipinski definition) is 0. The zero-order valence-electron chi connectivity index (χ0n) is 27.0. The summed E-state index contributed by atoms with van der Waals surface area (Å²) in [5.74, 6) is -2.54. The topological polar surface area (TPSA) is 167 Å². The molecular weight excluding hydrogens is 750 g/mol. The van der Waals surface area contributed by atoms with E-state index in [1.165, 1.54) is 28.4 Å². The maximum atomic E-state index is 12.6. The Bertz CT molecular complexity index is 1270. The number of pyridine rings is 2. The first-order valence-electron chi connectivity index (χ1n) is 14.3. The highest BCUT2D eigenvalue weighted by atomic mass is 79.9. The molecule has 0 aromatic carbocycles. The number of halogens is 2. The monoisotopic (exact) mass is 787 g/mol. The quantitative estimate of drug-likeness (QED) is 0.149. The number of hydrogen-bond acceptors (Lipinski definition) is 15. The maximum Gasteiger partial charge on any atom is 0.320 e. The van der Waals surface area contributed by atoms with Gasteiger partial charge in [-0.05, 0) is 31.2 Å². The Hall–Kier alpha value is -3.51. The lowest BCUT2D eigenvalue weighted by Crippen LogP contribution is -2.35.